The van der Waals surface area contributed by atoms with E-state index in [9.17, 15) is 4.79 Å². The van der Waals surface area contributed by atoms with Crippen LogP contribution in [0.25, 0.3) is 0 Å². The molecule has 3 rings (SSSR count). The molecule has 6 nitrogen and oxygen atoms in total. The van der Waals surface area contributed by atoms with Gasteiger partial charge in [0.25, 0.3) is 5.91 Å². The quantitative estimate of drug-likeness (QED) is 0.749. The van der Waals surface area contributed by atoms with E-state index in [1.807, 2.05) is 36.4 Å². The van der Waals surface area contributed by atoms with Gasteiger partial charge in [-0.1, -0.05) is 25.1 Å². The van der Waals surface area contributed by atoms with E-state index in [4.69, 9.17) is 0 Å². The molecule has 26 heavy (non-hydrogen) atoms. The van der Waals surface area contributed by atoms with Crippen LogP contribution < -0.4 is 15.5 Å². The Hall–Kier alpha value is -2.63. The Morgan fingerprint density at radius 3 is 2.88 bits per heavy atom. The number of hydrogen-bond acceptors (Lipinski definition) is 5. The number of nitrogens with zero attached hydrogens (tertiary/aromatic N) is 3. The number of nitrogens with one attached hydrogen (secondary N) is 2. The van der Waals surface area contributed by atoms with Crippen molar-refractivity contribution in [1.82, 2.24) is 15.3 Å². The zero-order chi connectivity index (χ0) is 18.2. The number of anilines is 2. The molecule has 1 unspecified atom stereocenters. The molecule has 1 fully saturated rings. The molecule has 1 aliphatic heterocycles. The summed E-state index contributed by atoms with van der Waals surface area (Å²) in [6, 6.07) is 11.3. The van der Waals surface area contributed by atoms with E-state index in [-0.39, 0.29) is 5.91 Å². The second-order valence-corrected chi connectivity index (χ2v) is 6.86. The first-order valence-electron chi connectivity index (χ1n) is 9.36. The molecular formula is C20H27N5O. The lowest BCUT2D eigenvalue weighted by Crippen LogP contribution is -2.34. The first-order chi connectivity index (χ1) is 12.7. The van der Waals surface area contributed by atoms with Crippen molar-refractivity contribution >= 4 is 17.5 Å². The number of benzene rings is 1. The smallest absolute Gasteiger partial charge is 0.251 e. The van der Waals surface area contributed by atoms with E-state index in [1.54, 1.807) is 6.33 Å². The summed E-state index contributed by atoms with van der Waals surface area (Å²) in [6.45, 7) is 5.79. The SMILES string of the molecule is CC1CCCN(c2cc(NCCCNC(=O)c3ccccc3)ncn2)C1. The number of carbonyl (C=O) groups excluding carboxylic acids is 1. The molecule has 2 aromatic rings. The molecular weight excluding hydrogens is 326 g/mol. The zero-order valence-electron chi connectivity index (χ0n) is 15.3. The summed E-state index contributed by atoms with van der Waals surface area (Å²) >= 11 is 0. The Morgan fingerprint density at radius 2 is 2.08 bits per heavy atom. The van der Waals surface area contributed by atoms with Crippen molar-refractivity contribution in [3.63, 3.8) is 0 Å². The predicted molar refractivity (Wildman–Crippen MR) is 105 cm³/mol. The fourth-order valence-corrected chi connectivity index (χ4v) is 3.21. The van der Waals surface area contributed by atoms with Crippen LogP contribution in [0.2, 0.25) is 0 Å². The maximum Gasteiger partial charge on any atom is 0.251 e. The molecule has 1 amide bonds. The standard InChI is InChI=1S/C20H27N5O/c1-16-7-5-12-25(14-16)19-13-18(23-15-24-19)21-10-6-11-22-20(26)17-8-3-2-4-9-17/h2-4,8-9,13,15-16H,5-7,10-12,14H2,1H3,(H,22,26)(H,21,23,24). The Labute approximate surface area is 155 Å². The minimum Gasteiger partial charge on any atom is -0.370 e. The zero-order valence-corrected chi connectivity index (χ0v) is 15.3. The fraction of sp³-hybridized carbons (Fsp3) is 0.450. The summed E-state index contributed by atoms with van der Waals surface area (Å²) in [7, 11) is 0. The first-order valence-corrected chi connectivity index (χ1v) is 9.36. The van der Waals surface area contributed by atoms with Gasteiger partial charge < -0.3 is 15.5 Å². The number of piperidine rings is 1. The van der Waals surface area contributed by atoms with Gasteiger partial charge in [0.1, 0.15) is 18.0 Å². The van der Waals surface area contributed by atoms with Crippen LogP contribution >= 0.6 is 0 Å². The lowest BCUT2D eigenvalue weighted by Gasteiger charge is -2.31. The van der Waals surface area contributed by atoms with Gasteiger partial charge in [-0.2, -0.15) is 0 Å². The second-order valence-electron chi connectivity index (χ2n) is 6.86. The highest BCUT2D eigenvalue weighted by atomic mass is 16.1. The normalized spacial score (nSPS) is 17.0. The summed E-state index contributed by atoms with van der Waals surface area (Å²) in [6.07, 6.45) is 4.96. The van der Waals surface area contributed by atoms with Gasteiger partial charge in [-0.3, -0.25) is 4.79 Å². The number of hydrogen-bond donors (Lipinski definition) is 2. The van der Waals surface area contributed by atoms with Crippen LogP contribution in [0.1, 0.15) is 36.5 Å². The van der Waals surface area contributed by atoms with Gasteiger partial charge in [-0.05, 0) is 37.3 Å². The molecule has 2 N–H and O–H groups in total. The molecule has 0 aliphatic carbocycles. The third-order valence-electron chi connectivity index (χ3n) is 4.61. The monoisotopic (exact) mass is 353 g/mol. The molecule has 2 heterocycles. The Bertz CT molecular complexity index is 706. The number of rotatable bonds is 7. The van der Waals surface area contributed by atoms with Crippen LogP contribution in [-0.2, 0) is 0 Å². The van der Waals surface area contributed by atoms with Crippen molar-refractivity contribution in [3.8, 4) is 0 Å². The van der Waals surface area contributed by atoms with Crippen LogP contribution in [0.3, 0.4) is 0 Å². The van der Waals surface area contributed by atoms with Crippen LogP contribution in [0.15, 0.2) is 42.7 Å². The van der Waals surface area contributed by atoms with E-state index < -0.39 is 0 Å². The van der Waals surface area contributed by atoms with Crippen molar-refractivity contribution in [1.29, 1.82) is 0 Å². The molecule has 0 bridgehead atoms. The fourth-order valence-electron chi connectivity index (χ4n) is 3.21. The molecule has 1 aromatic carbocycles. The van der Waals surface area contributed by atoms with Gasteiger partial charge in [-0.25, -0.2) is 9.97 Å². The van der Waals surface area contributed by atoms with Crippen molar-refractivity contribution in [3.05, 3.63) is 48.3 Å². The molecule has 1 atom stereocenters. The van der Waals surface area contributed by atoms with Gasteiger partial charge in [-0.15, -0.1) is 0 Å². The number of aromatic nitrogens is 2. The van der Waals surface area contributed by atoms with Crippen molar-refractivity contribution in [2.24, 2.45) is 5.92 Å². The largest absolute Gasteiger partial charge is 0.370 e. The van der Waals surface area contributed by atoms with Crippen LogP contribution in [-0.4, -0.2) is 42.1 Å². The van der Waals surface area contributed by atoms with Gasteiger partial charge in [0.2, 0.25) is 0 Å². The summed E-state index contributed by atoms with van der Waals surface area (Å²) in [5, 5.41) is 6.25. The highest BCUT2D eigenvalue weighted by Gasteiger charge is 2.17. The van der Waals surface area contributed by atoms with Crippen molar-refractivity contribution < 1.29 is 4.79 Å². The Balaban J connectivity index is 1.41. The lowest BCUT2D eigenvalue weighted by atomic mass is 10.0. The second kappa shape index (κ2) is 9.17. The minimum absolute atomic E-state index is 0.0332. The molecule has 138 valence electrons. The van der Waals surface area contributed by atoms with E-state index >= 15 is 0 Å². The van der Waals surface area contributed by atoms with Crippen LogP contribution in [0.4, 0.5) is 11.6 Å². The highest BCUT2D eigenvalue weighted by molar-refractivity contribution is 5.94. The average Bonchev–Trinajstić information content (AvgIpc) is 2.68. The Kier molecular flexibility index (Phi) is 6.41. The van der Waals surface area contributed by atoms with E-state index in [0.717, 1.165) is 37.7 Å². The van der Waals surface area contributed by atoms with E-state index in [2.05, 4.69) is 32.4 Å². The molecule has 1 aromatic heterocycles. The molecule has 6 heteroatoms. The first kappa shape index (κ1) is 18.2. The average molecular weight is 353 g/mol. The van der Waals surface area contributed by atoms with Gasteiger partial charge >= 0.3 is 0 Å². The summed E-state index contributed by atoms with van der Waals surface area (Å²) in [4.78, 5) is 23.0. The van der Waals surface area contributed by atoms with Gasteiger partial charge in [0, 0.05) is 37.8 Å². The van der Waals surface area contributed by atoms with Crippen LogP contribution in [0, 0.1) is 5.92 Å². The van der Waals surface area contributed by atoms with Gasteiger partial charge in [0.15, 0.2) is 0 Å². The molecule has 0 radical (unpaired) electrons. The summed E-state index contributed by atoms with van der Waals surface area (Å²) in [5.41, 5.74) is 0.691. The highest BCUT2D eigenvalue weighted by Crippen LogP contribution is 2.22. The van der Waals surface area contributed by atoms with Crippen molar-refractivity contribution in [2.45, 2.75) is 26.2 Å². The molecule has 1 aliphatic rings. The maximum atomic E-state index is 12.0. The number of amides is 1. The summed E-state index contributed by atoms with van der Waals surface area (Å²) < 4.78 is 0. The third kappa shape index (κ3) is 5.18. The lowest BCUT2D eigenvalue weighted by molar-refractivity contribution is 0.0953. The van der Waals surface area contributed by atoms with Crippen LogP contribution in [0.5, 0.6) is 0 Å². The van der Waals surface area contributed by atoms with Crippen molar-refractivity contribution in [2.75, 3.05) is 36.4 Å². The maximum absolute atomic E-state index is 12.0. The molecule has 1 saturated heterocycles. The van der Waals surface area contributed by atoms with Gasteiger partial charge in [0.05, 0.1) is 0 Å². The van der Waals surface area contributed by atoms with E-state index in [1.165, 1.54) is 12.8 Å². The Morgan fingerprint density at radius 1 is 1.23 bits per heavy atom. The topological polar surface area (TPSA) is 70.2 Å². The third-order valence-corrected chi connectivity index (χ3v) is 4.61. The summed E-state index contributed by atoms with van der Waals surface area (Å²) in [5.74, 6) is 2.51. The number of carbonyl (C=O) groups is 1. The predicted octanol–water partition coefficient (Wildman–Crippen LogP) is 2.94. The molecule has 0 saturated carbocycles. The minimum atomic E-state index is -0.0332. The molecule has 0 spiro atoms. The van der Waals surface area contributed by atoms with E-state index in [0.29, 0.717) is 18.0 Å².